The van der Waals surface area contributed by atoms with Gasteiger partial charge in [-0.15, -0.1) is 0 Å². The number of nitrogens with one attached hydrogen (secondary N) is 1. The summed E-state index contributed by atoms with van der Waals surface area (Å²) in [7, 11) is 0. The molecular weight excluding hydrogens is 142 g/mol. The van der Waals surface area contributed by atoms with Crippen LogP contribution < -0.4 is 22.5 Å². The minimum Gasteiger partial charge on any atom is -0.386 e. The second-order valence-corrected chi connectivity index (χ2v) is 2.11. The molecule has 5 heteroatoms. The number of nitrogens with two attached hydrogens (primary N) is 3. The Morgan fingerprint density at radius 2 is 2.00 bits per heavy atom. The van der Waals surface area contributed by atoms with Crippen LogP contribution in [0, 0.1) is 0 Å². The molecule has 0 spiro atoms. The number of hydrogen-bond acceptors (Lipinski definition) is 3. The van der Waals surface area contributed by atoms with E-state index >= 15 is 0 Å². The molecule has 0 aromatic rings. The molecule has 0 rings (SSSR count). The van der Waals surface area contributed by atoms with Crippen LogP contribution in [0.4, 0.5) is 0 Å². The van der Waals surface area contributed by atoms with Gasteiger partial charge in [0.1, 0.15) is 0 Å². The minimum absolute atomic E-state index is 0.122. The fourth-order valence-electron chi connectivity index (χ4n) is 0.536. The first-order valence-corrected chi connectivity index (χ1v) is 3.36. The van der Waals surface area contributed by atoms with E-state index in [9.17, 15) is 0 Å². The Hall–Kier alpha value is -1.39. The van der Waals surface area contributed by atoms with Gasteiger partial charge in [-0.3, -0.25) is 4.99 Å². The minimum atomic E-state index is 0.122. The molecule has 0 aromatic carbocycles. The third-order valence-corrected chi connectivity index (χ3v) is 0.981. The van der Waals surface area contributed by atoms with Gasteiger partial charge in [-0.1, -0.05) is 6.58 Å². The summed E-state index contributed by atoms with van der Waals surface area (Å²) in [6, 6.07) is 0. The number of hydrogen-bond donors (Lipinski definition) is 4. The van der Waals surface area contributed by atoms with Crippen LogP contribution in [0.2, 0.25) is 0 Å². The monoisotopic (exact) mass is 157 g/mol. The van der Waals surface area contributed by atoms with E-state index in [0.29, 0.717) is 12.4 Å². The Morgan fingerprint density at radius 1 is 1.36 bits per heavy atom. The standard InChI is InChI=1S/C6H15N5/c1-5(7)10-3-2-4-11-6(8)9/h10H,1-4,7H2,(H4,8,9,11). The second kappa shape index (κ2) is 5.40. The Balaban J connectivity index is 3.15. The third kappa shape index (κ3) is 8.61. The Morgan fingerprint density at radius 3 is 2.45 bits per heavy atom. The number of guanidine groups is 1. The zero-order chi connectivity index (χ0) is 8.69. The van der Waals surface area contributed by atoms with Crippen molar-refractivity contribution in [3.8, 4) is 0 Å². The van der Waals surface area contributed by atoms with E-state index in [1.165, 1.54) is 0 Å². The lowest BCUT2D eigenvalue weighted by molar-refractivity contribution is 0.728. The highest BCUT2D eigenvalue weighted by Crippen LogP contribution is 1.78. The van der Waals surface area contributed by atoms with Crippen molar-refractivity contribution >= 4 is 5.96 Å². The molecule has 11 heavy (non-hydrogen) atoms. The van der Waals surface area contributed by atoms with E-state index in [-0.39, 0.29) is 5.96 Å². The predicted molar refractivity (Wildman–Crippen MR) is 46.6 cm³/mol. The van der Waals surface area contributed by atoms with Crippen LogP contribution in [0.5, 0.6) is 0 Å². The van der Waals surface area contributed by atoms with Crippen molar-refractivity contribution in [3.63, 3.8) is 0 Å². The summed E-state index contributed by atoms with van der Waals surface area (Å²) in [5, 5.41) is 2.85. The van der Waals surface area contributed by atoms with Gasteiger partial charge in [0.15, 0.2) is 5.96 Å². The largest absolute Gasteiger partial charge is 0.386 e. The van der Waals surface area contributed by atoms with Crippen LogP contribution in [0.3, 0.4) is 0 Å². The summed E-state index contributed by atoms with van der Waals surface area (Å²) in [6.45, 7) is 4.83. The maximum Gasteiger partial charge on any atom is 0.185 e. The zero-order valence-electron chi connectivity index (χ0n) is 6.51. The molecule has 0 radical (unpaired) electrons. The Bertz CT molecular complexity index is 147. The highest BCUT2D eigenvalue weighted by molar-refractivity contribution is 5.75. The van der Waals surface area contributed by atoms with Crippen molar-refractivity contribution in [1.82, 2.24) is 5.32 Å². The lowest BCUT2D eigenvalue weighted by Gasteiger charge is -2.01. The average Bonchev–Trinajstić information content (AvgIpc) is 1.85. The average molecular weight is 157 g/mol. The molecule has 5 nitrogen and oxygen atoms in total. The zero-order valence-corrected chi connectivity index (χ0v) is 6.51. The second-order valence-electron chi connectivity index (χ2n) is 2.11. The van der Waals surface area contributed by atoms with Crippen molar-refractivity contribution in [2.24, 2.45) is 22.2 Å². The van der Waals surface area contributed by atoms with Gasteiger partial charge in [0.2, 0.25) is 0 Å². The van der Waals surface area contributed by atoms with Crippen LogP contribution in [0.25, 0.3) is 0 Å². The van der Waals surface area contributed by atoms with E-state index in [0.717, 1.165) is 13.0 Å². The van der Waals surface area contributed by atoms with Gasteiger partial charge in [0.05, 0.1) is 5.82 Å². The number of aliphatic imine (C=N–C) groups is 1. The van der Waals surface area contributed by atoms with Gasteiger partial charge in [0.25, 0.3) is 0 Å². The molecule has 0 fully saturated rings. The first-order chi connectivity index (χ1) is 5.13. The molecule has 0 atom stereocenters. The molecule has 0 aromatic heterocycles. The van der Waals surface area contributed by atoms with Gasteiger partial charge in [-0.25, -0.2) is 0 Å². The highest BCUT2D eigenvalue weighted by atomic mass is 15.0. The predicted octanol–water partition coefficient (Wildman–Crippen LogP) is -1.33. The normalized spacial score (nSPS) is 8.73. The van der Waals surface area contributed by atoms with Gasteiger partial charge in [-0.05, 0) is 6.42 Å². The quantitative estimate of drug-likeness (QED) is 0.225. The van der Waals surface area contributed by atoms with E-state index < -0.39 is 0 Å². The van der Waals surface area contributed by atoms with Crippen molar-refractivity contribution in [2.75, 3.05) is 13.1 Å². The molecule has 0 unspecified atom stereocenters. The first kappa shape index (κ1) is 9.61. The Kier molecular flexibility index (Phi) is 4.72. The summed E-state index contributed by atoms with van der Waals surface area (Å²) in [6.07, 6.45) is 0.841. The van der Waals surface area contributed by atoms with Crippen molar-refractivity contribution in [3.05, 3.63) is 12.4 Å². The molecular formula is C6H15N5. The van der Waals surface area contributed by atoms with Gasteiger partial charge in [0, 0.05) is 13.1 Å². The molecule has 7 N–H and O–H groups in total. The fourth-order valence-corrected chi connectivity index (χ4v) is 0.536. The van der Waals surface area contributed by atoms with Crippen LogP contribution in [-0.2, 0) is 0 Å². The SMILES string of the molecule is C=C(N)NCCCN=C(N)N. The van der Waals surface area contributed by atoms with Crippen molar-refractivity contribution in [2.45, 2.75) is 6.42 Å². The number of nitrogens with zero attached hydrogens (tertiary/aromatic N) is 1. The maximum atomic E-state index is 5.24. The lowest BCUT2D eigenvalue weighted by atomic mass is 10.4. The molecule has 0 aliphatic rings. The molecule has 0 aliphatic heterocycles. The summed E-state index contributed by atoms with van der Waals surface area (Å²) < 4.78 is 0. The van der Waals surface area contributed by atoms with E-state index in [2.05, 4.69) is 16.9 Å². The summed E-state index contributed by atoms with van der Waals surface area (Å²) in [5.74, 6) is 0.589. The smallest absolute Gasteiger partial charge is 0.185 e. The van der Waals surface area contributed by atoms with E-state index in [4.69, 9.17) is 17.2 Å². The fraction of sp³-hybridized carbons (Fsp3) is 0.500. The van der Waals surface area contributed by atoms with Crippen LogP contribution >= 0.6 is 0 Å². The van der Waals surface area contributed by atoms with Crippen LogP contribution in [-0.4, -0.2) is 19.0 Å². The van der Waals surface area contributed by atoms with Crippen molar-refractivity contribution < 1.29 is 0 Å². The van der Waals surface area contributed by atoms with Gasteiger partial charge in [-0.2, -0.15) is 0 Å². The molecule has 0 heterocycles. The third-order valence-electron chi connectivity index (χ3n) is 0.981. The molecule has 0 aliphatic carbocycles. The van der Waals surface area contributed by atoms with Crippen LogP contribution in [0.15, 0.2) is 17.4 Å². The number of rotatable bonds is 5. The van der Waals surface area contributed by atoms with Crippen molar-refractivity contribution in [1.29, 1.82) is 0 Å². The van der Waals surface area contributed by atoms with Crippen LogP contribution in [0.1, 0.15) is 6.42 Å². The summed E-state index contributed by atoms with van der Waals surface area (Å²) >= 11 is 0. The Labute approximate surface area is 66.3 Å². The molecule has 64 valence electrons. The lowest BCUT2D eigenvalue weighted by Crippen LogP contribution is -2.24. The molecule has 0 amide bonds. The van der Waals surface area contributed by atoms with Gasteiger partial charge < -0.3 is 22.5 Å². The molecule has 0 bridgehead atoms. The molecule has 0 saturated heterocycles. The van der Waals surface area contributed by atoms with E-state index in [1.807, 2.05) is 0 Å². The molecule has 0 saturated carbocycles. The summed E-state index contributed by atoms with van der Waals surface area (Å²) in [4.78, 5) is 3.78. The first-order valence-electron chi connectivity index (χ1n) is 3.36. The maximum absolute atomic E-state index is 5.24. The highest BCUT2D eigenvalue weighted by Gasteiger charge is 1.85. The summed E-state index contributed by atoms with van der Waals surface area (Å²) in [5.41, 5.74) is 15.4. The topological polar surface area (TPSA) is 102 Å². The van der Waals surface area contributed by atoms with E-state index in [1.54, 1.807) is 0 Å². The van der Waals surface area contributed by atoms with Gasteiger partial charge >= 0.3 is 0 Å².